The highest BCUT2D eigenvalue weighted by atomic mass is 16.5. The van der Waals surface area contributed by atoms with Crippen LogP contribution in [-0.4, -0.2) is 38.5 Å². The zero-order chi connectivity index (χ0) is 34.4. The van der Waals surface area contributed by atoms with Crippen molar-refractivity contribution in [1.29, 1.82) is 0 Å². The van der Waals surface area contributed by atoms with Gasteiger partial charge in [-0.05, 0) is 143 Å². The van der Waals surface area contributed by atoms with E-state index in [1.54, 1.807) is 12.1 Å². The minimum Gasteiger partial charge on any atom is -0.494 e. The normalized spacial score (nSPS) is 15.8. The first kappa shape index (κ1) is 38.0. The third kappa shape index (κ3) is 15.1. The number of benzene rings is 3. The molecule has 0 amide bonds. The molecular formula is C43H58O6. The largest absolute Gasteiger partial charge is 0.494 e. The Morgan fingerprint density at radius 1 is 0.633 bits per heavy atom. The molecule has 0 unspecified atom stereocenters. The first-order chi connectivity index (χ1) is 24.1. The summed E-state index contributed by atoms with van der Waals surface area (Å²) in [6.45, 7) is 8.94. The molecule has 0 heterocycles. The number of ether oxygens (including phenoxy) is 5. The van der Waals surface area contributed by atoms with Gasteiger partial charge >= 0.3 is 5.97 Å². The van der Waals surface area contributed by atoms with Crippen LogP contribution in [0.15, 0.2) is 85.5 Å². The van der Waals surface area contributed by atoms with Gasteiger partial charge in [0, 0.05) is 13.0 Å². The summed E-state index contributed by atoms with van der Waals surface area (Å²) >= 11 is 0. The highest BCUT2D eigenvalue weighted by molar-refractivity contribution is 5.72. The maximum Gasteiger partial charge on any atom is 0.311 e. The molecule has 4 rings (SSSR count). The fourth-order valence-electron chi connectivity index (χ4n) is 6.15. The Bertz CT molecular complexity index is 1310. The lowest BCUT2D eigenvalue weighted by Crippen LogP contribution is -2.22. The molecule has 0 aromatic heterocycles. The highest BCUT2D eigenvalue weighted by Gasteiger charge is 2.21. The van der Waals surface area contributed by atoms with Gasteiger partial charge < -0.3 is 23.7 Å². The van der Waals surface area contributed by atoms with Crippen molar-refractivity contribution in [3.63, 3.8) is 0 Å². The monoisotopic (exact) mass is 670 g/mol. The second-order valence-electron chi connectivity index (χ2n) is 13.1. The summed E-state index contributed by atoms with van der Waals surface area (Å²) in [4.78, 5) is 11.9. The molecule has 6 heteroatoms. The molecule has 1 fully saturated rings. The van der Waals surface area contributed by atoms with Gasteiger partial charge in [0.2, 0.25) is 0 Å². The molecule has 0 N–H and O–H groups in total. The Hall–Kier alpha value is -3.77. The van der Waals surface area contributed by atoms with E-state index in [9.17, 15) is 4.79 Å². The number of carbonyl (C=O) groups is 1. The molecule has 0 atom stereocenters. The number of esters is 1. The molecule has 1 aliphatic carbocycles. The van der Waals surface area contributed by atoms with Gasteiger partial charge in [0.1, 0.15) is 23.0 Å². The molecule has 0 spiro atoms. The lowest BCUT2D eigenvalue weighted by molar-refractivity contribution is -0.134. The van der Waals surface area contributed by atoms with Crippen molar-refractivity contribution >= 4 is 5.97 Å². The summed E-state index contributed by atoms with van der Waals surface area (Å²) in [5.74, 6) is 3.79. The van der Waals surface area contributed by atoms with E-state index in [-0.39, 0.29) is 5.97 Å². The molecule has 0 aliphatic heterocycles. The van der Waals surface area contributed by atoms with E-state index in [1.807, 2.05) is 30.3 Å². The second-order valence-corrected chi connectivity index (χ2v) is 13.1. The molecular weight excluding hydrogens is 612 g/mol. The summed E-state index contributed by atoms with van der Waals surface area (Å²) in [7, 11) is 0. The standard InChI is InChI=1S/C43H58O6/c1-3-5-9-14-43(44)49-42-29-27-41(28-30-42)48-34-12-13-35-15-21-38(22-16-35)46-32-10-7-8-11-33-47-40-25-19-37(20-26-40)36-17-23-39(24-18-36)45-31-6-4-2/h3,17-20,23-30,35,38H,1,4-16,21-22,31-34H2,2H3. The van der Waals surface area contributed by atoms with Crippen LogP contribution in [-0.2, 0) is 9.53 Å². The molecule has 6 nitrogen and oxygen atoms in total. The van der Waals surface area contributed by atoms with E-state index in [0.29, 0.717) is 24.9 Å². The van der Waals surface area contributed by atoms with Crippen molar-refractivity contribution in [3.05, 3.63) is 85.5 Å². The van der Waals surface area contributed by atoms with Gasteiger partial charge in [-0.15, -0.1) is 6.58 Å². The highest BCUT2D eigenvalue weighted by Crippen LogP contribution is 2.30. The van der Waals surface area contributed by atoms with Crippen molar-refractivity contribution in [1.82, 2.24) is 0 Å². The Labute approximate surface area is 295 Å². The Balaban J connectivity index is 0.959. The zero-order valence-electron chi connectivity index (χ0n) is 29.8. The third-order valence-corrected chi connectivity index (χ3v) is 9.13. The first-order valence-electron chi connectivity index (χ1n) is 18.7. The maximum atomic E-state index is 11.9. The first-order valence-corrected chi connectivity index (χ1v) is 18.7. The fourth-order valence-corrected chi connectivity index (χ4v) is 6.15. The minimum atomic E-state index is -0.210. The van der Waals surface area contributed by atoms with E-state index < -0.39 is 0 Å². The van der Waals surface area contributed by atoms with Gasteiger partial charge in [-0.2, -0.15) is 0 Å². The van der Waals surface area contributed by atoms with Crippen LogP contribution in [0.4, 0.5) is 0 Å². The van der Waals surface area contributed by atoms with E-state index in [1.165, 1.54) is 49.7 Å². The van der Waals surface area contributed by atoms with Crippen molar-refractivity contribution in [2.45, 2.75) is 109 Å². The molecule has 0 bridgehead atoms. The van der Waals surface area contributed by atoms with Crippen molar-refractivity contribution in [2.24, 2.45) is 5.92 Å². The summed E-state index contributed by atoms with van der Waals surface area (Å²) in [5, 5.41) is 0. The van der Waals surface area contributed by atoms with Gasteiger partial charge in [0.25, 0.3) is 0 Å². The maximum absolute atomic E-state index is 11.9. The summed E-state index contributed by atoms with van der Waals surface area (Å²) in [5.41, 5.74) is 2.37. The number of allylic oxidation sites excluding steroid dienone is 1. The average molecular weight is 671 g/mol. The van der Waals surface area contributed by atoms with Crippen LogP contribution in [0.3, 0.4) is 0 Å². The molecule has 3 aromatic carbocycles. The van der Waals surface area contributed by atoms with Crippen LogP contribution in [0.1, 0.15) is 103 Å². The molecule has 0 radical (unpaired) electrons. The third-order valence-electron chi connectivity index (χ3n) is 9.13. The van der Waals surface area contributed by atoms with Crippen LogP contribution in [0.5, 0.6) is 23.0 Å². The number of rotatable bonds is 24. The molecule has 0 saturated heterocycles. The smallest absolute Gasteiger partial charge is 0.311 e. The predicted octanol–water partition coefficient (Wildman–Crippen LogP) is 11.2. The van der Waals surface area contributed by atoms with E-state index in [2.05, 4.69) is 49.9 Å². The Kier molecular flexibility index (Phi) is 17.7. The quantitative estimate of drug-likeness (QED) is 0.0409. The predicted molar refractivity (Wildman–Crippen MR) is 199 cm³/mol. The summed E-state index contributed by atoms with van der Waals surface area (Å²) < 4.78 is 29.3. The van der Waals surface area contributed by atoms with Gasteiger partial charge in [-0.3, -0.25) is 4.79 Å². The van der Waals surface area contributed by atoms with Crippen LogP contribution < -0.4 is 18.9 Å². The average Bonchev–Trinajstić information content (AvgIpc) is 3.13. The Morgan fingerprint density at radius 2 is 1.14 bits per heavy atom. The molecule has 1 aliphatic rings. The van der Waals surface area contributed by atoms with Crippen LogP contribution in [0.2, 0.25) is 0 Å². The van der Waals surface area contributed by atoms with E-state index in [4.69, 9.17) is 23.7 Å². The zero-order valence-corrected chi connectivity index (χ0v) is 29.8. The lowest BCUT2D eigenvalue weighted by atomic mass is 9.84. The SMILES string of the molecule is C=CCCCC(=O)Oc1ccc(OCCCC2CCC(OCCCCCCOc3ccc(-c4ccc(OCCCC)cc4)cc3)CC2)cc1. The topological polar surface area (TPSA) is 63.2 Å². The van der Waals surface area contributed by atoms with E-state index >= 15 is 0 Å². The number of hydrogen-bond acceptors (Lipinski definition) is 6. The summed E-state index contributed by atoms with van der Waals surface area (Å²) in [6.07, 6.45) is 18.1. The van der Waals surface area contributed by atoms with Gasteiger partial charge in [-0.25, -0.2) is 0 Å². The number of carbonyl (C=O) groups excluding carboxylic acids is 1. The second kappa shape index (κ2) is 22.8. The van der Waals surface area contributed by atoms with Crippen LogP contribution in [0.25, 0.3) is 11.1 Å². The molecule has 1 saturated carbocycles. The van der Waals surface area contributed by atoms with Crippen molar-refractivity contribution in [2.75, 3.05) is 26.4 Å². The van der Waals surface area contributed by atoms with Gasteiger partial charge in [0.15, 0.2) is 0 Å². The van der Waals surface area contributed by atoms with E-state index in [0.717, 1.165) is 94.4 Å². The minimum absolute atomic E-state index is 0.210. The van der Waals surface area contributed by atoms with Crippen LogP contribution in [0, 0.1) is 5.92 Å². The molecule has 3 aromatic rings. The molecule has 266 valence electrons. The summed E-state index contributed by atoms with van der Waals surface area (Å²) in [6, 6.07) is 24.0. The van der Waals surface area contributed by atoms with Gasteiger partial charge in [-0.1, -0.05) is 50.1 Å². The number of unbranched alkanes of at least 4 members (excludes halogenated alkanes) is 5. The van der Waals surface area contributed by atoms with Crippen LogP contribution >= 0.6 is 0 Å². The van der Waals surface area contributed by atoms with Gasteiger partial charge in [0.05, 0.1) is 25.9 Å². The fraction of sp³-hybridized carbons (Fsp3) is 0.512. The van der Waals surface area contributed by atoms with Crippen molar-refractivity contribution < 1.29 is 28.5 Å². The van der Waals surface area contributed by atoms with Crippen molar-refractivity contribution in [3.8, 4) is 34.1 Å². The Morgan fingerprint density at radius 3 is 1.71 bits per heavy atom. The molecule has 49 heavy (non-hydrogen) atoms. The number of hydrogen-bond donors (Lipinski definition) is 0. The lowest BCUT2D eigenvalue weighted by Gasteiger charge is -2.28.